The number of ether oxygens (including phenoxy) is 3. The van der Waals surface area contributed by atoms with E-state index in [0.717, 1.165) is 0 Å². The summed E-state index contributed by atoms with van der Waals surface area (Å²) in [7, 11) is 0. The minimum Gasteiger partial charge on any atom is -0.454 e. The van der Waals surface area contributed by atoms with Crippen molar-refractivity contribution < 1.29 is 23.4 Å². The molecule has 120 valence electrons. The first kappa shape index (κ1) is 14.7. The van der Waals surface area contributed by atoms with Crippen molar-refractivity contribution in [1.29, 1.82) is 0 Å². The Balaban J connectivity index is 1.70. The quantitative estimate of drug-likeness (QED) is 0.617. The van der Waals surface area contributed by atoms with Gasteiger partial charge in [-0.05, 0) is 42.0 Å². The van der Waals surface area contributed by atoms with Gasteiger partial charge in [-0.25, -0.2) is 14.2 Å². The molecule has 0 unspecified atom stereocenters. The van der Waals surface area contributed by atoms with E-state index in [4.69, 9.17) is 25.8 Å². The molecule has 0 bridgehead atoms. The Morgan fingerprint density at radius 3 is 2.58 bits per heavy atom. The van der Waals surface area contributed by atoms with E-state index in [2.05, 4.69) is 4.99 Å². The number of rotatable bonds is 2. The largest absolute Gasteiger partial charge is 0.454 e. The van der Waals surface area contributed by atoms with E-state index in [-0.39, 0.29) is 24.2 Å². The van der Waals surface area contributed by atoms with Crippen LogP contribution in [-0.4, -0.2) is 18.7 Å². The molecule has 2 aromatic carbocycles. The predicted molar refractivity (Wildman–Crippen MR) is 84.6 cm³/mol. The third-order valence-electron chi connectivity index (χ3n) is 3.50. The normalized spacial score (nSPS) is 17.2. The summed E-state index contributed by atoms with van der Waals surface area (Å²) >= 11 is 6.18. The number of aliphatic imine (C=N–C) groups is 1. The van der Waals surface area contributed by atoms with Crippen molar-refractivity contribution in [3.05, 3.63) is 64.1 Å². The molecule has 0 saturated heterocycles. The summed E-state index contributed by atoms with van der Waals surface area (Å²) in [5, 5.41) is 0.394. The van der Waals surface area contributed by atoms with Crippen LogP contribution in [0.3, 0.4) is 0 Å². The lowest BCUT2D eigenvalue weighted by molar-refractivity contribution is -0.129. The zero-order chi connectivity index (χ0) is 16.7. The van der Waals surface area contributed by atoms with Gasteiger partial charge in [0.1, 0.15) is 5.82 Å². The predicted octanol–water partition coefficient (Wildman–Crippen LogP) is 3.55. The maximum absolute atomic E-state index is 13.0. The number of hydrogen-bond donors (Lipinski definition) is 0. The van der Waals surface area contributed by atoms with Crippen LogP contribution in [0.5, 0.6) is 11.5 Å². The second-order valence-electron chi connectivity index (χ2n) is 5.07. The van der Waals surface area contributed by atoms with Crippen LogP contribution in [0.1, 0.15) is 11.1 Å². The van der Waals surface area contributed by atoms with Crippen molar-refractivity contribution in [1.82, 2.24) is 0 Å². The van der Waals surface area contributed by atoms with Gasteiger partial charge < -0.3 is 14.2 Å². The lowest BCUT2D eigenvalue weighted by atomic mass is 10.1. The number of halogens is 2. The van der Waals surface area contributed by atoms with Crippen molar-refractivity contribution in [2.24, 2.45) is 4.99 Å². The minimum absolute atomic E-state index is 0.0927. The summed E-state index contributed by atoms with van der Waals surface area (Å²) in [6, 6.07) is 8.78. The molecule has 24 heavy (non-hydrogen) atoms. The number of hydrogen-bond acceptors (Lipinski definition) is 5. The number of carbonyl (C=O) groups excluding carboxylic acids is 1. The molecule has 0 aliphatic carbocycles. The van der Waals surface area contributed by atoms with Crippen LogP contribution >= 0.6 is 11.6 Å². The van der Waals surface area contributed by atoms with E-state index in [9.17, 15) is 9.18 Å². The van der Waals surface area contributed by atoms with Crippen molar-refractivity contribution in [2.45, 2.75) is 0 Å². The van der Waals surface area contributed by atoms with Gasteiger partial charge in [0.05, 0.1) is 5.02 Å². The fraction of sp³-hybridized carbons (Fsp3) is 0.0588. The lowest BCUT2D eigenvalue weighted by Gasteiger charge is -2.01. The van der Waals surface area contributed by atoms with E-state index >= 15 is 0 Å². The highest BCUT2D eigenvalue weighted by Crippen LogP contribution is 2.37. The standard InChI is InChI=1S/C17H9ClFNO4/c18-12-7-15-14(22-8-23-15)6-10(12)5-13-17(21)24-16(20-13)9-1-3-11(19)4-2-9/h1-7H,8H2/b13-5+. The highest BCUT2D eigenvalue weighted by molar-refractivity contribution is 6.32. The first-order valence-electron chi connectivity index (χ1n) is 6.98. The SMILES string of the molecule is O=C1OC(c2ccc(F)cc2)=N/C1=C/c1cc2c(cc1Cl)OCO2. The zero-order valence-electron chi connectivity index (χ0n) is 12.1. The van der Waals surface area contributed by atoms with E-state index in [0.29, 0.717) is 27.6 Å². The Morgan fingerprint density at radius 2 is 1.83 bits per heavy atom. The maximum atomic E-state index is 13.0. The number of carbonyl (C=O) groups is 1. The van der Waals surface area contributed by atoms with Crippen molar-refractivity contribution in [3.63, 3.8) is 0 Å². The summed E-state index contributed by atoms with van der Waals surface area (Å²) < 4.78 is 28.6. The molecule has 2 aromatic rings. The second kappa shape index (κ2) is 5.65. The third kappa shape index (κ3) is 2.61. The Hall–Kier alpha value is -2.86. The number of benzene rings is 2. The molecule has 4 rings (SSSR count). The van der Waals surface area contributed by atoms with E-state index < -0.39 is 5.97 Å². The summed E-state index contributed by atoms with van der Waals surface area (Å²) in [5.41, 5.74) is 1.15. The average Bonchev–Trinajstić information content (AvgIpc) is 3.15. The molecule has 0 saturated carbocycles. The number of cyclic esters (lactones) is 1. The van der Waals surface area contributed by atoms with Crippen LogP contribution in [0.15, 0.2) is 47.1 Å². The maximum Gasteiger partial charge on any atom is 0.363 e. The Labute approximate surface area is 140 Å². The van der Waals surface area contributed by atoms with Crippen molar-refractivity contribution in [3.8, 4) is 11.5 Å². The molecule has 7 heteroatoms. The Kier molecular flexibility index (Phi) is 3.46. The monoisotopic (exact) mass is 345 g/mol. The van der Waals surface area contributed by atoms with E-state index in [1.807, 2.05) is 0 Å². The van der Waals surface area contributed by atoms with Gasteiger partial charge in [0.25, 0.3) is 0 Å². The molecule has 0 fully saturated rings. The van der Waals surface area contributed by atoms with Crippen LogP contribution in [0.25, 0.3) is 6.08 Å². The van der Waals surface area contributed by atoms with Crippen LogP contribution in [0.2, 0.25) is 5.02 Å². The summed E-state index contributed by atoms with van der Waals surface area (Å²) in [6.45, 7) is 0.126. The van der Waals surface area contributed by atoms with Crippen molar-refractivity contribution in [2.75, 3.05) is 6.79 Å². The van der Waals surface area contributed by atoms with Crippen LogP contribution in [-0.2, 0) is 9.53 Å². The lowest BCUT2D eigenvalue weighted by Crippen LogP contribution is -2.05. The molecule has 0 amide bonds. The first-order chi connectivity index (χ1) is 11.6. The van der Waals surface area contributed by atoms with Gasteiger partial charge in [-0.3, -0.25) is 0 Å². The van der Waals surface area contributed by atoms with Gasteiger partial charge in [-0.15, -0.1) is 0 Å². The van der Waals surface area contributed by atoms with E-state index in [1.54, 1.807) is 12.1 Å². The Morgan fingerprint density at radius 1 is 1.12 bits per heavy atom. The second-order valence-corrected chi connectivity index (χ2v) is 5.48. The third-order valence-corrected chi connectivity index (χ3v) is 3.82. The van der Waals surface area contributed by atoms with Gasteiger partial charge in [0, 0.05) is 11.6 Å². The first-order valence-corrected chi connectivity index (χ1v) is 7.35. The molecular formula is C17H9ClFNO4. The molecule has 0 atom stereocenters. The molecule has 0 radical (unpaired) electrons. The fourth-order valence-corrected chi connectivity index (χ4v) is 2.52. The van der Waals surface area contributed by atoms with E-state index in [1.165, 1.54) is 30.3 Å². The van der Waals surface area contributed by atoms with Gasteiger partial charge in [-0.2, -0.15) is 0 Å². The number of fused-ring (bicyclic) bond motifs is 1. The topological polar surface area (TPSA) is 57.1 Å². The summed E-state index contributed by atoms with van der Waals surface area (Å²) in [5.74, 6) is 0.213. The van der Waals surface area contributed by atoms with Gasteiger partial charge in [-0.1, -0.05) is 11.6 Å². The summed E-state index contributed by atoms with van der Waals surface area (Å²) in [6.07, 6.45) is 1.50. The number of nitrogens with zero attached hydrogens (tertiary/aromatic N) is 1. The molecular weight excluding hydrogens is 337 g/mol. The molecule has 2 aliphatic heterocycles. The molecule has 2 aliphatic rings. The fourth-order valence-electron chi connectivity index (χ4n) is 2.32. The van der Waals surface area contributed by atoms with Gasteiger partial charge >= 0.3 is 5.97 Å². The number of esters is 1. The van der Waals surface area contributed by atoms with Crippen molar-refractivity contribution >= 4 is 29.5 Å². The molecule has 0 spiro atoms. The minimum atomic E-state index is -0.608. The average molecular weight is 346 g/mol. The molecule has 0 N–H and O–H groups in total. The zero-order valence-corrected chi connectivity index (χ0v) is 12.8. The highest BCUT2D eigenvalue weighted by atomic mass is 35.5. The van der Waals surface area contributed by atoms with Crippen LogP contribution < -0.4 is 9.47 Å². The summed E-state index contributed by atoms with van der Waals surface area (Å²) in [4.78, 5) is 16.1. The van der Waals surface area contributed by atoms with Crippen LogP contribution in [0, 0.1) is 5.82 Å². The highest BCUT2D eigenvalue weighted by Gasteiger charge is 2.25. The molecule has 5 nitrogen and oxygen atoms in total. The Bertz CT molecular complexity index is 906. The van der Waals surface area contributed by atoms with Gasteiger partial charge in [0.15, 0.2) is 17.2 Å². The van der Waals surface area contributed by atoms with Gasteiger partial charge in [0.2, 0.25) is 12.7 Å². The molecule has 2 heterocycles. The molecule has 0 aromatic heterocycles. The van der Waals surface area contributed by atoms with Crippen LogP contribution in [0.4, 0.5) is 4.39 Å². The smallest absolute Gasteiger partial charge is 0.363 e.